The number of amides is 1. The number of rotatable bonds is 6. The number of carbonyl (C=O) groups excluding carboxylic acids is 1. The molecule has 3 aromatic rings. The molecule has 2 aromatic carbocycles. The third kappa shape index (κ3) is 4.84. The van der Waals surface area contributed by atoms with Gasteiger partial charge in [-0.3, -0.25) is 9.36 Å². The Morgan fingerprint density at radius 1 is 1.19 bits per heavy atom. The van der Waals surface area contributed by atoms with Gasteiger partial charge in [-0.1, -0.05) is 41.1 Å². The molecule has 0 saturated carbocycles. The molecule has 1 aromatic heterocycles. The number of aromatic nitrogens is 3. The minimum absolute atomic E-state index is 0.168. The molecule has 9 heteroatoms. The highest BCUT2D eigenvalue weighted by Gasteiger charge is 2.23. The standard InChI is InChI=1S/C22H21ClN6OS/c1-15-4-8-18(9-5-15)29-21(28-10-2-3-11-28)26-27-22(29)31-14-20(30)25-17-7-6-16(13-24)19(23)12-17/h4-9,12H,2-3,10-11,14H2,1H3,(H,25,30). The number of carbonyl (C=O) groups is 1. The molecule has 1 saturated heterocycles. The van der Waals surface area contributed by atoms with Crippen LogP contribution in [0.15, 0.2) is 47.6 Å². The Balaban J connectivity index is 1.51. The van der Waals surface area contributed by atoms with E-state index in [4.69, 9.17) is 16.9 Å². The summed E-state index contributed by atoms with van der Waals surface area (Å²) in [5.74, 6) is 0.789. The lowest BCUT2D eigenvalue weighted by Crippen LogP contribution is -2.22. The molecule has 0 aliphatic carbocycles. The molecule has 0 radical (unpaired) electrons. The van der Waals surface area contributed by atoms with Crippen LogP contribution in [0.5, 0.6) is 0 Å². The van der Waals surface area contributed by atoms with Crippen LogP contribution in [0.3, 0.4) is 0 Å². The van der Waals surface area contributed by atoms with E-state index in [1.54, 1.807) is 18.2 Å². The summed E-state index contributed by atoms with van der Waals surface area (Å²) in [5.41, 5.74) is 3.07. The van der Waals surface area contributed by atoms with Gasteiger partial charge in [0.15, 0.2) is 5.16 Å². The zero-order chi connectivity index (χ0) is 21.8. The summed E-state index contributed by atoms with van der Waals surface area (Å²) < 4.78 is 2.02. The predicted octanol–water partition coefficient (Wildman–Crippen LogP) is 4.43. The summed E-state index contributed by atoms with van der Waals surface area (Å²) in [4.78, 5) is 14.7. The van der Waals surface area contributed by atoms with E-state index in [-0.39, 0.29) is 11.7 Å². The van der Waals surface area contributed by atoms with E-state index >= 15 is 0 Å². The number of nitrogens with zero attached hydrogens (tertiary/aromatic N) is 5. The number of thioether (sulfide) groups is 1. The zero-order valence-electron chi connectivity index (χ0n) is 17.0. The van der Waals surface area contributed by atoms with Crippen LogP contribution in [0.2, 0.25) is 5.02 Å². The van der Waals surface area contributed by atoms with Crippen molar-refractivity contribution in [1.29, 1.82) is 5.26 Å². The smallest absolute Gasteiger partial charge is 0.234 e. The summed E-state index contributed by atoms with van der Waals surface area (Å²) in [6.45, 7) is 3.95. The number of benzene rings is 2. The van der Waals surface area contributed by atoms with Gasteiger partial charge < -0.3 is 10.2 Å². The predicted molar refractivity (Wildman–Crippen MR) is 123 cm³/mol. The molecule has 7 nitrogen and oxygen atoms in total. The summed E-state index contributed by atoms with van der Waals surface area (Å²) in [7, 11) is 0. The first-order valence-corrected chi connectivity index (χ1v) is 11.3. The lowest BCUT2D eigenvalue weighted by molar-refractivity contribution is -0.113. The molecule has 2 heterocycles. The van der Waals surface area contributed by atoms with Gasteiger partial charge in [0.2, 0.25) is 11.9 Å². The average Bonchev–Trinajstić information content (AvgIpc) is 3.43. The van der Waals surface area contributed by atoms with Crippen LogP contribution in [-0.4, -0.2) is 39.5 Å². The fourth-order valence-electron chi connectivity index (χ4n) is 3.41. The molecule has 1 aliphatic rings. The van der Waals surface area contributed by atoms with E-state index in [9.17, 15) is 4.79 Å². The molecule has 31 heavy (non-hydrogen) atoms. The fourth-order valence-corrected chi connectivity index (χ4v) is 4.38. The third-order valence-electron chi connectivity index (χ3n) is 5.00. The molecule has 1 fully saturated rings. The van der Waals surface area contributed by atoms with Crippen molar-refractivity contribution in [2.75, 3.05) is 29.1 Å². The molecule has 1 N–H and O–H groups in total. The van der Waals surface area contributed by atoms with Crippen LogP contribution in [0.4, 0.5) is 11.6 Å². The quantitative estimate of drug-likeness (QED) is 0.556. The normalized spacial score (nSPS) is 13.3. The lowest BCUT2D eigenvalue weighted by atomic mass is 10.2. The summed E-state index contributed by atoms with van der Waals surface area (Å²) in [6, 6.07) is 15.0. The first kappa shape index (κ1) is 21.2. The maximum absolute atomic E-state index is 12.5. The Labute approximate surface area is 190 Å². The van der Waals surface area contributed by atoms with Crippen molar-refractivity contribution in [2.24, 2.45) is 0 Å². The zero-order valence-corrected chi connectivity index (χ0v) is 18.6. The van der Waals surface area contributed by atoms with E-state index in [2.05, 4.69) is 32.5 Å². The van der Waals surface area contributed by atoms with Crippen molar-refractivity contribution >= 4 is 40.9 Å². The van der Waals surface area contributed by atoms with Gasteiger partial charge in [-0.2, -0.15) is 5.26 Å². The molecule has 0 unspecified atom stereocenters. The Morgan fingerprint density at radius 2 is 1.94 bits per heavy atom. The fraction of sp³-hybridized carbons (Fsp3) is 0.273. The number of hydrogen-bond acceptors (Lipinski definition) is 6. The van der Waals surface area contributed by atoms with Crippen molar-refractivity contribution in [2.45, 2.75) is 24.9 Å². The minimum atomic E-state index is -0.188. The first-order chi connectivity index (χ1) is 15.0. The van der Waals surface area contributed by atoms with Gasteiger partial charge in [0.05, 0.1) is 22.0 Å². The van der Waals surface area contributed by atoms with Gasteiger partial charge in [0.1, 0.15) is 6.07 Å². The molecule has 158 valence electrons. The van der Waals surface area contributed by atoms with Crippen LogP contribution >= 0.6 is 23.4 Å². The van der Waals surface area contributed by atoms with Crippen molar-refractivity contribution < 1.29 is 4.79 Å². The topological polar surface area (TPSA) is 86.8 Å². The molecular formula is C22H21ClN6OS. The van der Waals surface area contributed by atoms with Gasteiger partial charge in [-0.25, -0.2) is 0 Å². The highest BCUT2D eigenvalue weighted by molar-refractivity contribution is 7.99. The van der Waals surface area contributed by atoms with Gasteiger partial charge in [0.25, 0.3) is 0 Å². The number of anilines is 2. The van der Waals surface area contributed by atoms with E-state index in [1.165, 1.54) is 17.3 Å². The Bertz CT molecular complexity index is 1130. The maximum atomic E-state index is 12.5. The lowest BCUT2D eigenvalue weighted by Gasteiger charge is -2.18. The first-order valence-electron chi connectivity index (χ1n) is 9.95. The second-order valence-electron chi connectivity index (χ2n) is 7.29. The van der Waals surface area contributed by atoms with Crippen LogP contribution in [0, 0.1) is 18.3 Å². The molecule has 0 bridgehead atoms. The number of aryl methyl sites for hydroxylation is 1. The molecule has 4 rings (SSSR count). The second kappa shape index (κ2) is 9.41. The maximum Gasteiger partial charge on any atom is 0.234 e. The van der Waals surface area contributed by atoms with Crippen molar-refractivity contribution in [1.82, 2.24) is 14.8 Å². The number of nitrogens with one attached hydrogen (secondary N) is 1. The van der Waals surface area contributed by atoms with E-state index < -0.39 is 0 Å². The van der Waals surface area contributed by atoms with E-state index in [1.807, 2.05) is 29.7 Å². The van der Waals surface area contributed by atoms with E-state index in [0.717, 1.165) is 37.6 Å². The van der Waals surface area contributed by atoms with Crippen molar-refractivity contribution in [3.8, 4) is 11.8 Å². The molecule has 1 aliphatic heterocycles. The van der Waals surface area contributed by atoms with Crippen LogP contribution in [0.25, 0.3) is 5.69 Å². The average molecular weight is 453 g/mol. The monoisotopic (exact) mass is 452 g/mol. The third-order valence-corrected chi connectivity index (χ3v) is 6.24. The SMILES string of the molecule is Cc1ccc(-n2c(SCC(=O)Nc3ccc(C#N)c(Cl)c3)nnc2N2CCCC2)cc1. The number of hydrogen-bond donors (Lipinski definition) is 1. The highest BCUT2D eigenvalue weighted by Crippen LogP contribution is 2.29. The van der Waals surface area contributed by atoms with Gasteiger partial charge in [0, 0.05) is 18.8 Å². The minimum Gasteiger partial charge on any atom is -0.341 e. The summed E-state index contributed by atoms with van der Waals surface area (Å²) in [5, 5.41) is 21.6. The van der Waals surface area contributed by atoms with Gasteiger partial charge >= 0.3 is 0 Å². The highest BCUT2D eigenvalue weighted by atomic mass is 35.5. The number of nitriles is 1. The van der Waals surface area contributed by atoms with Crippen LogP contribution < -0.4 is 10.2 Å². The number of halogens is 1. The Morgan fingerprint density at radius 3 is 2.61 bits per heavy atom. The molecule has 0 atom stereocenters. The van der Waals surface area contributed by atoms with Gasteiger partial charge in [-0.15, -0.1) is 10.2 Å². The Kier molecular flexibility index (Phi) is 6.44. The largest absolute Gasteiger partial charge is 0.341 e. The van der Waals surface area contributed by atoms with Crippen LogP contribution in [0.1, 0.15) is 24.0 Å². The van der Waals surface area contributed by atoms with E-state index in [0.29, 0.717) is 21.4 Å². The molecule has 0 spiro atoms. The van der Waals surface area contributed by atoms with Gasteiger partial charge in [-0.05, 0) is 50.1 Å². The summed E-state index contributed by atoms with van der Waals surface area (Å²) >= 11 is 7.38. The molecular weight excluding hydrogens is 432 g/mol. The van der Waals surface area contributed by atoms with Crippen molar-refractivity contribution in [3.63, 3.8) is 0 Å². The van der Waals surface area contributed by atoms with Crippen LogP contribution in [-0.2, 0) is 4.79 Å². The summed E-state index contributed by atoms with van der Waals surface area (Å²) in [6.07, 6.45) is 2.28. The second-order valence-corrected chi connectivity index (χ2v) is 8.64. The Hall–Kier alpha value is -3.02. The molecule has 1 amide bonds. The van der Waals surface area contributed by atoms with Crippen molar-refractivity contribution in [3.05, 3.63) is 58.6 Å².